The fraction of sp³-hybridized carbons (Fsp3) is 0.417. The molecule has 0 amide bonds. The Balaban J connectivity index is 1.44. The average Bonchev–Trinajstić information content (AvgIpc) is 3.28. The summed E-state index contributed by atoms with van der Waals surface area (Å²) in [5.74, 6) is -2.20. The average molecular weight is 887 g/mol. The first-order chi connectivity index (χ1) is 30.6. The Morgan fingerprint density at radius 3 is 1.57 bits per heavy atom. The molecule has 4 aromatic rings. The first-order valence-corrected chi connectivity index (χ1v) is 21.9. The van der Waals surface area contributed by atoms with Crippen LogP contribution in [-0.4, -0.2) is 103 Å². The molecule has 0 aliphatic carbocycles. The molecule has 2 heterocycles. The molecule has 2 aliphatic heterocycles. The molecule has 4 aromatic carbocycles. The molecular formula is C48H54O14S. The van der Waals surface area contributed by atoms with E-state index in [0.29, 0.717) is 5.75 Å². The summed E-state index contributed by atoms with van der Waals surface area (Å²) in [4.78, 5) is 51.6. The Hall–Kier alpha value is -5.13. The zero-order chi connectivity index (χ0) is 44.6. The van der Waals surface area contributed by atoms with E-state index in [1.165, 1.54) is 32.5 Å². The highest BCUT2D eigenvalue weighted by Crippen LogP contribution is 2.38. The van der Waals surface area contributed by atoms with Gasteiger partial charge in [0.2, 0.25) is 0 Å². The van der Waals surface area contributed by atoms with Gasteiger partial charge in [-0.1, -0.05) is 116 Å². The summed E-state index contributed by atoms with van der Waals surface area (Å²) in [6, 6.07) is 37.2. The first kappa shape index (κ1) is 47.4. The Kier molecular flexibility index (Phi) is 18.1. The molecule has 0 spiro atoms. The number of benzene rings is 4. The van der Waals surface area contributed by atoms with E-state index < -0.39 is 84.4 Å². The smallest absolute Gasteiger partial charge is 0.338 e. The van der Waals surface area contributed by atoms with Gasteiger partial charge in [-0.15, -0.1) is 11.8 Å². The minimum atomic E-state index is -1.45. The molecule has 10 atom stereocenters. The second-order valence-electron chi connectivity index (χ2n) is 14.9. The molecule has 0 bridgehead atoms. The van der Waals surface area contributed by atoms with Gasteiger partial charge < -0.3 is 47.4 Å². The highest BCUT2D eigenvalue weighted by Gasteiger charge is 2.56. The standard InChI is InChI=1S/C48H54O14S/c1-5-63-48-45(43(58-33(4)51)41(57-32(3)50)39(60-48)30-54-31(2)49)62-47-44(61-46(52)37-24-16-9-17-25-37)42(56-28-36-22-14-8-15-23-36)40(55-27-35-20-12-7-13-21-35)38(59-47)29-53-26-34-18-10-6-11-19-34/h6-25,38-45,47-48H,5,26-30H2,1-4H3/t38-,39-,40-,41-,42+,43+,44-,45-,47+,48+/m1/s1. The Bertz CT molecular complexity index is 2020. The van der Waals surface area contributed by atoms with Crippen molar-refractivity contribution in [2.45, 2.75) is 108 Å². The molecule has 0 saturated carbocycles. The van der Waals surface area contributed by atoms with Gasteiger partial charge >= 0.3 is 23.9 Å². The van der Waals surface area contributed by atoms with Crippen LogP contribution in [0, 0.1) is 0 Å². The van der Waals surface area contributed by atoms with E-state index in [9.17, 15) is 19.2 Å². The summed E-state index contributed by atoms with van der Waals surface area (Å²) in [5.41, 5.74) is 1.99. The van der Waals surface area contributed by atoms with E-state index in [1.807, 2.05) is 97.9 Å². The third-order valence-electron chi connectivity index (χ3n) is 10.1. The van der Waals surface area contributed by atoms with E-state index in [4.69, 9.17) is 47.4 Å². The third-order valence-corrected chi connectivity index (χ3v) is 11.1. The second-order valence-corrected chi connectivity index (χ2v) is 16.2. The van der Waals surface area contributed by atoms with E-state index in [-0.39, 0.29) is 38.6 Å². The van der Waals surface area contributed by atoms with Crippen LogP contribution >= 0.6 is 11.8 Å². The van der Waals surface area contributed by atoms with Gasteiger partial charge in [-0.3, -0.25) is 14.4 Å². The van der Waals surface area contributed by atoms with Crippen LogP contribution in [-0.2, 0) is 81.6 Å². The van der Waals surface area contributed by atoms with Crippen molar-refractivity contribution in [2.75, 3.05) is 19.0 Å². The third kappa shape index (κ3) is 13.9. The van der Waals surface area contributed by atoms with Crippen molar-refractivity contribution in [2.24, 2.45) is 0 Å². The molecule has 6 rings (SSSR count). The van der Waals surface area contributed by atoms with Crippen LogP contribution in [0.25, 0.3) is 0 Å². The molecule has 2 aliphatic rings. The lowest BCUT2D eigenvalue weighted by Crippen LogP contribution is -2.66. The van der Waals surface area contributed by atoms with E-state index in [2.05, 4.69) is 0 Å². The zero-order valence-electron chi connectivity index (χ0n) is 35.7. The number of ether oxygens (including phenoxy) is 10. The van der Waals surface area contributed by atoms with Gasteiger partial charge in [0.15, 0.2) is 24.6 Å². The monoisotopic (exact) mass is 886 g/mol. The van der Waals surface area contributed by atoms with Crippen molar-refractivity contribution in [3.05, 3.63) is 144 Å². The number of hydrogen-bond donors (Lipinski definition) is 0. The van der Waals surface area contributed by atoms with Crippen molar-refractivity contribution >= 4 is 35.6 Å². The number of hydrogen-bond acceptors (Lipinski definition) is 15. The van der Waals surface area contributed by atoms with Crippen LogP contribution in [0.15, 0.2) is 121 Å². The minimum Gasteiger partial charge on any atom is -0.463 e. The SMILES string of the molecule is CCS[C@@H]1O[C@H](COC(C)=O)[C@@H](OC(C)=O)[C@H](OC(C)=O)[C@H]1O[C@@H]1O[C@H](COCc2ccccc2)[C@@H](OCc2ccccc2)[C@H](OCc2ccccc2)[C@H]1OC(=O)c1ccccc1. The van der Waals surface area contributed by atoms with E-state index in [1.54, 1.807) is 30.3 Å². The maximum atomic E-state index is 14.1. The van der Waals surface area contributed by atoms with Crippen LogP contribution in [0.2, 0.25) is 0 Å². The van der Waals surface area contributed by atoms with Gasteiger partial charge in [0.1, 0.15) is 42.6 Å². The van der Waals surface area contributed by atoms with Gasteiger partial charge in [0.05, 0.1) is 32.0 Å². The number of rotatable bonds is 20. The molecule has 15 heteroatoms. The van der Waals surface area contributed by atoms with Crippen molar-refractivity contribution in [3.63, 3.8) is 0 Å². The first-order valence-electron chi connectivity index (χ1n) is 20.8. The Labute approximate surface area is 371 Å². The van der Waals surface area contributed by atoms with Gasteiger partial charge in [-0.05, 0) is 34.6 Å². The largest absolute Gasteiger partial charge is 0.463 e. The molecular weight excluding hydrogens is 833 g/mol. The van der Waals surface area contributed by atoms with Crippen molar-refractivity contribution in [1.29, 1.82) is 0 Å². The van der Waals surface area contributed by atoms with Crippen molar-refractivity contribution in [1.82, 2.24) is 0 Å². The molecule has 336 valence electrons. The van der Waals surface area contributed by atoms with Crippen LogP contribution in [0.3, 0.4) is 0 Å². The lowest BCUT2D eigenvalue weighted by molar-refractivity contribution is -0.345. The van der Waals surface area contributed by atoms with Gasteiger partial charge in [0.25, 0.3) is 0 Å². The maximum Gasteiger partial charge on any atom is 0.338 e. The lowest BCUT2D eigenvalue weighted by atomic mass is 9.96. The van der Waals surface area contributed by atoms with Gasteiger partial charge in [-0.2, -0.15) is 0 Å². The summed E-state index contributed by atoms with van der Waals surface area (Å²) in [6.45, 7) is 5.70. The second kappa shape index (κ2) is 24.1. The molecule has 0 unspecified atom stereocenters. The summed E-state index contributed by atoms with van der Waals surface area (Å²) in [7, 11) is 0. The normalized spacial score (nSPS) is 25.7. The van der Waals surface area contributed by atoms with Gasteiger partial charge in [0, 0.05) is 20.8 Å². The quantitative estimate of drug-likeness (QED) is 0.0688. The number of thioether (sulfide) groups is 1. The van der Waals surface area contributed by atoms with Gasteiger partial charge in [-0.25, -0.2) is 4.79 Å². The highest BCUT2D eigenvalue weighted by molar-refractivity contribution is 7.99. The number of carbonyl (C=O) groups is 4. The molecule has 14 nitrogen and oxygen atoms in total. The Morgan fingerprint density at radius 1 is 0.524 bits per heavy atom. The molecule has 0 N–H and O–H groups in total. The summed E-state index contributed by atoms with van der Waals surface area (Å²) in [5, 5.41) is 0. The molecule has 2 saturated heterocycles. The highest BCUT2D eigenvalue weighted by atomic mass is 32.2. The van der Waals surface area contributed by atoms with Crippen LogP contribution < -0.4 is 0 Å². The molecule has 0 radical (unpaired) electrons. The summed E-state index contributed by atoms with van der Waals surface area (Å²) in [6.07, 6.45) is -10.5. The van der Waals surface area contributed by atoms with Crippen LogP contribution in [0.4, 0.5) is 0 Å². The minimum absolute atomic E-state index is 0.0129. The lowest BCUT2D eigenvalue weighted by Gasteiger charge is -2.49. The number of carbonyl (C=O) groups excluding carboxylic acids is 4. The van der Waals surface area contributed by atoms with Crippen LogP contribution in [0.1, 0.15) is 54.7 Å². The fourth-order valence-electron chi connectivity index (χ4n) is 7.27. The zero-order valence-corrected chi connectivity index (χ0v) is 36.5. The fourth-order valence-corrected chi connectivity index (χ4v) is 8.23. The van der Waals surface area contributed by atoms with E-state index >= 15 is 0 Å². The Morgan fingerprint density at radius 2 is 1.03 bits per heavy atom. The van der Waals surface area contributed by atoms with Crippen molar-refractivity contribution < 1.29 is 66.5 Å². The van der Waals surface area contributed by atoms with Crippen molar-refractivity contribution in [3.8, 4) is 0 Å². The summed E-state index contributed by atoms with van der Waals surface area (Å²) >= 11 is 1.31. The number of esters is 4. The topological polar surface area (TPSA) is 161 Å². The predicted molar refractivity (Wildman–Crippen MR) is 230 cm³/mol. The van der Waals surface area contributed by atoms with Crippen LogP contribution in [0.5, 0.6) is 0 Å². The van der Waals surface area contributed by atoms with E-state index in [0.717, 1.165) is 16.7 Å². The molecule has 0 aromatic heterocycles. The predicted octanol–water partition coefficient (Wildman–Crippen LogP) is 6.61. The molecule has 2 fully saturated rings. The summed E-state index contributed by atoms with van der Waals surface area (Å²) < 4.78 is 63.4. The molecule has 63 heavy (non-hydrogen) atoms. The maximum absolute atomic E-state index is 14.1.